The maximum Gasteiger partial charge on any atom is 0.164 e. The maximum atomic E-state index is 5.23. The lowest BCUT2D eigenvalue weighted by Crippen LogP contribution is -2.02. The molecule has 0 aliphatic heterocycles. The first-order valence-corrected chi connectivity index (χ1v) is 24.4. The lowest BCUT2D eigenvalue weighted by Gasteiger charge is -2.28. The molecule has 0 atom stereocenters. The van der Waals surface area contributed by atoms with E-state index in [2.05, 4.69) is 273 Å². The van der Waals surface area contributed by atoms with Crippen LogP contribution in [0.2, 0.25) is 0 Å². The molecule has 0 fully saturated rings. The Balaban J connectivity index is 1.09. The van der Waals surface area contributed by atoms with Crippen LogP contribution in [0.1, 0.15) is 0 Å². The molecular formula is C69H47N3. The molecule has 72 heavy (non-hydrogen) atoms. The second kappa shape index (κ2) is 19.8. The van der Waals surface area contributed by atoms with Gasteiger partial charge < -0.3 is 0 Å². The summed E-state index contributed by atoms with van der Waals surface area (Å²) in [6, 6.07) is 101. The van der Waals surface area contributed by atoms with E-state index in [0.29, 0.717) is 17.5 Å². The van der Waals surface area contributed by atoms with Crippen LogP contribution in [0.5, 0.6) is 0 Å². The van der Waals surface area contributed by atoms with Gasteiger partial charge in [0.05, 0.1) is 0 Å². The van der Waals surface area contributed by atoms with Gasteiger partial charge in [-0.05, 0) is 89.0 Å². The Hall–Kier alpha value is -9.57. The summed E-state index contributed by atoms with van der Waals surface area (Å²) in [5, 5.41) is 0. The van der Waals surface area contributed by atoms with Crippen LogP contribution in [0.25, 0.3) is 123 Å². The fourth-order valence-corrected chi connectivity index (χ4v) is 9.94. The molecule has 0 amide bonds. The van der Waals surface area contributed by atoms with E-state index < -0.39 is 0 Å². The van der Waals surface area contributed by atoms with Gasteiger partial charge in [-0.1, -0.05) is 285 Å². The van der Waals surface area contributed by atoms with E-state index in [1.165, 1.54) is 16.7 Å². The summed E-state index contributed by atoms with van der Waals surface area (Å²) in [5.41, 5.74) is 21.1. The van der Waals surface area contributed by atoms with Crippen molar-refractivity contribution in [1.82, 2.24) is 15.0 Å². The highest BCUT2D eigenvalue weighted by atomic mass is 15.0. The highest BCUT2D eigenvalue weighted by Crippen LogP contribution is 2.56. The maximum absolute atomic E-state index is 5.23. The first-order valence-electron chi connectivity index (χ1n) is 24.4. The second-order valence-electron chi connectivity index (χ2n) is 17.9. The van der Waals surface area contributed by atoms with Crippen molar-refractivity contribution in [1.29, 1.82) is 0 Å². The van der Waals surface area contributed by atoms with Crippen LogP contribution in [0.4, 0.5) is 0 Å². The van der Waals surface area contributed by atoms with Crippen molar-refractivity contribution in [2.45, 2.75) is 0 Å². The van der Waals surface area contributed by atoms with Crippen molar-refractivity contribution >= 4 is 0 Å². The fourth-order valence-electron chi connectivity index (χ4n) is 9.94. The molecule has 0 N–H and O–H groups in total. The van der Waals surface area contributed by atoms with Crippen LogP contribution < -0.4 is 0 Å². The van der Waals surface area contributed by atoms with Crippen LogP contribution in [0, 0.1) is 0 Å². The van der Waals surface area contributed by atoms with Crippen LogP contribution in [-0.4, -0.2) is 15.0 Å². The Bertz CT molecular complexity index is 3550. The molecule has 0 saturated heterocycles. The molecule has 12 rings (SSSR count). The molecule has 0 aliphatic rings. The van der Waals surface area contributed by atoms with E-state index in [1.807, 2.05) is 12.1 Å². The third-order valence-corrected chi connectivity index (χ3v) is 13.4. The summed E-state index contributed by atoms with van der Waals surface area (Å²) in [7, 11) is 0. The highest BCUT2D eigenvalue weighted by molar-refractivity contribution is 6.15. The van der Waals surface area contributed by atoms with Gasteiger partial charge >= 0.3 is 0 Å². The fraction of sp³-hybridized carbons (Fsp3) is 0. The molecule has 0 saturated carbocycles. The zero-order valence-corrected chi connectivity index (χ0v) is 39.5. The Kier molecular flexibility index (Phi) is 12.0. The largest absolute Gasteiger partial charge is 0.208 e. The minimum absolute atomic E-state index is 0.599. The smallest absolute Gasteiger partial charge is 0.164 e. The van der Waals surface area contributed by atoms with Crippen LogP contribution in [-0.2, 0) is 0 Å². The third-order valence-electron chi connectivity index (χ3n) is 13.4. The van der Waals surface area contributed by atoms with Gasteiger partial charge in [0.15, 0.2) is 17.5 Å². The Morgan fingerprint density at radius 3 is 0.472 bits per heavy atom. The second-order valence-corrected chi connectivity index (χ2v) is 17.9. The van der Waals surface area contributed by atoms with Gasteiger partial charge in [-0.2, -0.15) is 0 Å². The molecule has 12 aromatic rings. The Morgan fingerprint density at radius 2 is 0.264 bits per heavy atom. The van der Waals surface area contributed by atoms with Gasteiger partial charge in [-0.3, -0.25) is 0 Å². The van der Waals surface area contributed by atoms with E-state index in [4.69, 9.17) is 15.0 Å². The molecule has 3 heteroatoms. The number of benzene rings is 11. The summed E-state index contributed by atoms with van der Waals surface area (Å²) < 4.78 is 0. The zero-order chi connectivity index (χ0) is 48.1. The summed E-state index contributed by atoms with van der Waals surface area (Å²) >= 11 is 0. The summed E-state index contributed by atoms with van der Waals surface area (Å²) in [5.74, 6) is 1.82. The third kappa shape index (κ3) is 8.72. The first kappa shape index (κ1) is 43.7. The SMILES string of the molecule is c1ccc(-c2ccc(-c3nc(-c4ccc(-c5ccccc5)cc4)nc(-c4ccc(-c5c(-c6ccccc6)c(-c6ccccc6)c(-c6ccccc6)c(-c6ccccc6)c5-c5ccccc5)cc4)n3)cc2)cc1. The van der Waals surface area contributed by atoms with Crippen molar-refractivity contribution in [2.24, 2.45) is 0 Å². The van der Waals surface area contributed by atoms with E-state index in [9.17, 15) is 0 Å². The molecular weight excluding hydrogens is 871 g/mol. The summed E-state index contributed by atoms with van der Waals surface area (Å²) in [6.07, 6.45) is 0. The number of hydrogen-bond acceptors (Lipinski definition) is 3. The zero-order valence-electron chi connectivity index (χ0n) is 39.5. The molecule has 0 bridgehead atoms. The summed E-state index contributed by atoms with van der Waals surface area (Å²) in [6.45, 7) is 0. The van der Waals surface area contributed by atoms with Gasteiger partial charge in [0.1, 0.15) is 0 Å². The van der Waals surface area contributed by atoms with Gasteiger partial charge in [0.2, 0.25) is 0 Å². The average molecular weight is 918 g/mol. The van der Waals surface area contributed by atoms with E-state index in [1.54, 1.807) is 0 Å². The van der Waals surface area contributed by atoms with Crippen molar-refractivity contribution in [3.63, 3.8) is 0 Å². The van der Waals surface area contributed by atoms with Crippen LogP contribution in [0.3, 0.4) is 0 Å². The number of nitrogens with zero attached hydrogens (tertiary/aromatic N) is 3. The quantitative estimate of drug-likeness (QED) is 0.130. The standard InChI is InChI=1S/C69H47N3/c1-8-22-48(23-9-1)50-36-42-58(43-37-50)67-70-68(59-44-38-51(39-45-59)49-24-10-2-11-25-49)72-69(71-67)60-46-40-57(41-47-60)66-64(55-32-18-6-19-33-55)62(53-28-14-4-15-29-53)61(52-26-12-3-13-27-52)63(54-30-16-5-17-31-54)65(66)56-34-20-7-21-35-56/h1-47H. The average Bonchev–Trinajstić information content (AvgIpc) is 3.48. The molecule has 0 radical (unpaired) electrons. The molecule has 11 aromatic carbocycles. The lowest BCUT2D eigenvalue weighted by molar-refractivity contribution is 1.07. The van der Waals surface area contributed by atoms with E-state index in [0.717, 1.165) is 89.0 Å². The van der Waals surface area contributed by atoms with Gasteiger partial charge in [0, 0.05) is 16.7 Å². The summed E-state index contributed by atoms with van der Waals surface area (Å²) in [4.78, 5) is 15.6. The molecule has 1 heterocycles. The molecule has 0 spiro atoms. The van der Waals surface area contributed by atoms with Crippen molar-refractivity contribution in [3.8, 4) is 123 Å². The Morgan fingerprint density at radius 1 is 0.125 bits per heavy atom. The first-order chi connectivity index (χ1) is 35.7. The van der Waals surface area contributed by atoms with Crippen LogP contribution >= 0.6 is 0 Å². The van der Waals surface area contributed by atoms with Crippen molar-refractivity contribution < 1.29 is 0 Å². The van der Waals surface area contributed by atoms with Gasteiger partial charge in [-0.15, -0.1) is 0 Å². The molecule has 0 aliphatic carbocycles. The minimum atomic E-state index is 0.599. The van der Waals surface area contributed by atoms with Crippen LogP contribution in [0.15, 0.2) is 285 Å². The monoisotopic (exact) mass is 917 g/mol. The minimum Gasteiger partial charge on any atom is -0.208 e. The normalized spacial score (nSPS) is 11.1. The predicted molar refractivity (Wildman–Crippen MR) is 300 cm³/mol. The van der Waals surface area contributed by atoms with Gasteiger partial charge in [0.25, 0.3) is 0 Å². The Labute approximate surface area is 421 Å². The number of aromatic nitrogens is 3. The van der Waals surface area contributed by atoms with Crippen molar-refractivity contribution in [3.05, 3.63) is 285 Å². The molecule has 338 valence electrons. The van der Waals surface area contributed by atoms with E-state index in [-0.39, 0.29) is 0 Å². The lowest BCUT2D eigenvalue weighted by atomic mass is 9.74. The van der Waals surface area contributed by atoms with Crippen molar-refractivity contribution in [2.75, 3.05) is 0 Å². The highest BCUT2D eigenvalue weighted by Gasteiger charge is 2.29. The molecule has 1 aromatic heterocycles. The predicted octanol–water partition coefficient (Wildman–Crippen LogP) is 18.2. The van der Waals surface area contributed by atoms with E-state index >= 15 is 0 Å². The number of hydrogen-bond donors (Lipinski definition) is 0. The topological polar surface area (TPSA) is 38.7 Å². The molecule has 3 nitrogen and oxygen atoms in total. The molecule has 0 unspecified atom stereocenters. The number of rotatable bonds is 11. The van der Waals surface area contributed by atoms with Gasteiger partial charge in [-0.25, -0.2) is 15.0 Å².